The van der Waals surface area contributed by atoms with Gasteiger partial charge in [-0.3, -0.25) is 4.79 Å². The van der Waals surface area contributed by atoms with Crippen molar-refractivity contribution in [2.24, 2.45) is 5.73 Å². The van der Waals surface area contributed by atoms with Crippen LogP contribution in [0.15, 0.2) is 0 Å². The molecule has 0 fully saturated rings. The molecule has 0 aromatic carbocycles. The van der Waals surface area contributed by atoms with Crippen LogP contribution in [-0.2, 0) is 9.53 Å². The predicted octanol–water partition coefficient (Wildman–Crippen LogP) is 0.219. The standard InChI is InChI=1S/C9H20N2O2/c1-9(2,7-10)13-6-5-8(12)11(3)4/h5-7,10H2,1-4H3. The molecular formula is C9H20N2O2. The number of amides is 1. The molecule has 0 radical (unpaired) electrons. The number of nitrogens with zero attached hydrogens (tertiary/aromatic N) is 1. The highest BCUT2D eigenvalue weighted by molar-refractivity contribution is 5.75. The highest BCUT2D eigenvalue weighted by Gasteiger charge is 2.16. The minimum absolute atomic E-state index is 0.0767. The van der Waals surface area contributed by atoms with Crippen molar-refractivity contribution < 1.29 is 9.53 Å². The van der Waals surface area contributed by atoms with Crippen LogP contribution in [0.5, 0.6) is 0 Å². The zero-order valence-corrected chi connectivity index (χ0v) is 8.96. The molecule has 0 aromatic heterocycles. The van der Waals surface area contributed by atoms with Gasteiger partial charge in [0.2, 0.25) is 5.91 Å². The number of nitrogens with two attached hydrogens (primary N) is 1. The summed E-state index contributed by atoms with van der Waals surface area (Å²) in [5.74, 6) is 0.0767. The number of carbonyl (C=O) groups excluding carboxylic acids is 1. The van der Waals surface area contributed by atoms with Crippen molar-refractivity contribution in [2.45, 2.75) is 25.9 Å². The van der Waals surface area contributed by atoms with Crippen LogP contribution in [0.2, 0.25) is 0 Å². The molecule has 4 nitrogen and oxygen atoms in total. The zero-order valence-electron chi connectivity index (χ0n) is 8.96. The van der Waals surface area contributed by atoms with Crippen LogP contribution in [0.3, 0.4) is 0 Å². The van der Waals surface area contributed by atoms with Crippen LogP contribution in [0, 0.1) is 0 Å². The second kappa shape index (κ2) is 5.19. The first-order chi connectivity index (χ1) is 5.89. The molecule has 2 N–H and O–H groups in total. The number of hydrogen-bond donors (Lipinski definition) is 1. The van der Waals surface area contributed by atoms with Crippen LogP contribution in [0.1, 0.15) is 20.3 Å². The second-order valence-corrected chi connectivity index (χ2v) is 3.85. The Morgan fingerprint density at radius 1 is 1.46 bits per heavy atom. The summed E-state index contributed by atoms with van der Waals surface area (Å²) >= 11 is 0. The molecule has 0 aromatic rings. The molecule has 0 aliphatic heterocycles. The Labute approximate surface area is 80.0 Å². The lowest BCUT2D eigenvalue weighted by atomic mass is 10.1. The number of carbonyl (C=O) groups is 1. The molecule has 0 spiro atoms. The van der Waals surface area contributed by atoms with Crippen molar-refractivity contribution in [2.75, 3.05) is 27.2 Å². The van der Waals surface area contributed by atoms with Gasteiger partial charge < -0.3 is 15.4 Å². The maximum atomic E-state index is 11.1. The molecule has 13 heavy (non-hydrogen) atoms. The molecule has 0 aliphatic carbocycles. The summed E-state index contributed by atoms with van der Waals surface area (Å²) in [6.45, 7) is 4.71. The summed E-state index contributed by atoms with van der Waals surface area (Å²) in [6, 6.07) is 0. The molecule has 0 aliphatic rings. The van der Waals surface area contributed by atoms with Gasteiger partial charge in [0, 0.05) is 20.6 Å². The first kappa shape index (κ1) is 12.4. The Kier molecular flexibility index (Phi) is 4.95. The third-order valence-electron chi connectivity index (χ3n) is 1.80. The Bertz CT molecular complexity index is 167. The highest BCUT2D eigenvalue weighted by Crippen LogP contribution is 2.06. The molecule has 0 saturated heterocycles. The molecule has 1 amide bonds. The molecule has 0 heterocycles. The molecule has 0 saturated carbocycles. The molecule has 0 rings (SSSR count). The summed E-state index contributed by atoms with van der Waals surface area (Å²) in [6.07, 6.45) is 0.413. The number of ether oxygens (including phenoxy) is 1. The van der Waals surface area contributed by atoms with Crippen molar-refractivity contribution in [3.8, 4) is 0 Å². The van der Waals surface area contributed by atoms with Gasteiger partial charge in [0.1, 0.15) is 0 Å². The lowest BCUT2D eigenvalue weighted by molar-refractivity contribution is -0.131. The van der Waals surface area contributed by atoms with Crippen LogP contribution < -0.4 is 5.73 Å². The molecule has 0 unspecified atom stereocenters. The van der Waals surface area contributed by atoms with Crippen molar-refractivity contribution in [3.05, 3.63) is 0 Å². The molecular weight excluding hydrogens is 168 g/mol. The molecule has 78 valence electrons. The Balaban J connectivity index is 3.62. The van der Waals surface area contributed by atoms with Crippen molar-refractivity contribution in [1.82, 2.24) is 4.90 Å². The Hall–Kier alpha value is -0.610. The number of hydrogen-bond acceptors (Lipinski definition) is 3. The zero-order chi connectivity index (χ0) is 10.5. The quantitative estimate of drug-likeness (QED) is 0.671. The molecule has 4 heteroatoms. The summed E-state index contributed by atoms with van der Waals surface area (Å²) in [5.41, 5.74) is 5.14. The smallest absolute Gasteiger partial charge is 0.224 e. The van der Waals surface area contributed by atoms with Gasteiger partial charge in [-0.25, -0.2) is 0 Å². The van der Waals surface area contributed by atoms with E-state index in [0.717, 1.165) is 0 Å². The third kappa shape index (κ3) is 5.60. The fourth-order valence-electron chi connectivity index (χ4n) is 0.697. The van der Waals surface area contributed by atoms with Gasteiger partial charge in [-0.15, -0.1) is 0 Å². The van der Waals surface area contributed by atoms with Gasteiger partial charge in [0.15, 0.2) is 0 Å². The van der Waals surface area contributed by atoms with E-state index in [-0.39, 0.29) is 11.5 Å². The molecule has 0 bridgehead atoms. The summed E-state index contributed by atoms with van der Waals surface area (Å²) in [4.78, 5) is 12.7. The lowest BCUT2D eigenvalue weighted by Gasteiger charge is -2.23. The van der Waals surface area contributed by atoms with Gasteiger partial charge in [-0.05, 0) is 13.8 Å². The van der Waals surface area contributed by atoms with E-state index in [1.165, 1.54) is 0 Å². The Morgan fingerprint density at radius 3 is 2.38 bits per heavy atom. The van der Waals surface area contributed by atoms with Crippen LogP contribution in [0.4, 0.5) is 0 Å². The van der Waals surface area contributed by atoms with Gasteiger partial charge in [-0.1, -0.05) is 0 Å². The predicted molar refractivity (Wildman–Crippen MR) is 52.4 cm³/mol. The monoisotopic (exact) mass is 188 g/mol. The van der Waals surface area contributed by atoms with E-state index in [2.05, 4.69) is 0 Å². The van der Waals surface area contributed by atoms with Crippen LogP contribution in [0.25, 0.3) is 0 Å². The molecule has 0 atom stereocenters. The van der Waals surface area contributed by atoms with E-state index in [0.29, 0.717) is 19.6 Å². The maximum Gasteiger partial charge on any atom is 0.224 e. The summed E-state index contributed by atoms with van der Waals surface area (Å²) in [5, 5.41) is 0. The average molecular weight is 188 g/mol. The van der Waals surface area contributed by atoms with Gasteiger partial charge in [0.25, 0.3) is 0 Å². The van der Waals surface area contributed by atoms with Crippen molar-refractivity contribution in [3.63, 3.8) is 0 Å². The van der Waals surface area contributed by atoms with E-state index in [1.807, 2.05) is 13.8 Å². The second-order valence-electron chi connectivity index (χ2n) is 3.85. The highest BCUT2D eigenvalue weighted by atomic mass is 16.5. The first-order valence-corrected chi connectivity index (χ1v) is 4.43. The largest absolute Gasteiger partial charge is 0.374 e. The van der Waals surface area contributed by atoms with Crippen molar-refractivity contribution in [1.29, 1.82) is 0 Å². The maximum absolute atomic E-state index is 11.1. The minimum atomic E-state index is -0.327. The van der Waals surface area contributed by atoms with E-state index in [4.69, 9.17) is 10.5 Å². The van der Waals surface area contributed by atoms with Gasteiger partial charge in [-0.2, -0.15) is 0 Å². The lowest BCUT2D eigenvalue weighted by Crippen LogP contribution is -2.35. The first-order valence-electron chi connectivity index (χ1n) is 4.43. The summed E-state index contributed by atoms with van der Waals surface area (Å²) < 4.78 is 5.43. The van der Waals surface area contributed by atoms with Gasteiger partial charge in [0.05, 0.1) is 18.6 Å². The SMILES string of the molecule is CN(C)C(=O)CCOC(C)(C)CN. The fourth-order valence-corrected chi connectivity index (χ4v) is 0.697. The fraction of sp³-hybridized carbons (Fsp3) is 0.889. The van der Waals surface area contributed by atoms with E-state index < -0.39 is 0 Å². The average Bonchev–Trinajstić information content (AvgIpc) is 2.04. The topological polar surface area (TPSA) is 55.6 Å². The van der Waals surface area contributed by atoms with E-state index >= 15 is 0 Å². The van der Waals surface area contributed by atoms with E-state index in [1.54, 1.807) is 19.0 Å². The van der Waals surface area contributed by atoms with Crippen LogP contribution >= 0.6 is 0 Å². The van der Waals surface area contributed by atoms with Gasteiger partial charge >= 0.3 is 0 Å². The van der Waals surface area contributed by atoms with Crippen molar-refractivity contribution >= 4 is 5.91 Å². The number of rotatable bonds is 5. The minimum Gasteiger partial charge on any atom is -0.374 e. The normalized spacial score (nSPS) is 11.5. The third-order valence-corrected chi connectivity index (χ3v) is 1.80. The summed E-state index contributed by atoms with van der Waals surface area (Å²) in [7, 11) is 3.47. The van der Waals surface area contributed by atoms with Crippen LogP contribution in [-0.4, -0.2) is 43.7 Å². The Morgan fingerprint density at radius 2 is 2.00 bits per heavy atom. The van der Waals surface area contributed by atoms with E-state index in [9.17, 15) is 4.79 Å².